The van der Waals surface area contributed by atoms with Gasteiger partial charge in [0.15, 0.2) is 0 Å². The monoisotopic (exact) mass is 282 g/mol. The summed E-state index contributed by atoms with van der Waals surface area (Å²) in [5.74, 6) is -0.323. The summed E-state index contributed by atoms with van der Waals surface area (Å²) in [6.45, 7) is 3.95. The highest BCUT2D eigenvalue weighted by Gasteiger charge is 2.11. The Labute approximate surface area is 121 Å². The highest BCUT2D eigenvalue weighted by atomic mass is 16.4. The van der Waals surface area contributed by atoms with E-state index in [2.05, 4.69) is 15.2 Å². The second-order valence-electron chi connectivity index (χ2n) is 4.94. The lowest BCUT2D eigenvalue weighted by molar-refractivity contribution is 0.0697. The van der Waals surface area contributed by atoms with E-state index < -0.39 is 5.97 Å². The maximum atomic E-state index is 10.9. The molecule has 0 bridgehead atoms. The topological polar surface area (TPSA) is 80.4 Å². The first-order valence-electron chi connectivity index (χ1n) is 6.54. The van der Waals surface area contributed by atoms with Crippen LogP contribution in [-0.4, -0.2) is 30.7 Å². The van der Waals surface area contributed by atoms with Gasteiger partial charge >= 0.3 is 5.97 Å². The molecule has 21 heavy (non-hydrogen) atoms. The van der Waals surface area contributed by atoms with E-state index in [9.17, 15) is 4.79 Å². The summed E-state index contributed by atoms with van der Waals surface area (Å²) >= 11 is 0. The highest BCUT2D eigenvalue weighted by molar-refractivity contribution is 5.87. The van der Waals surface area contributed by atoms with Gasteiger partial charge in [0.2, 0.25) is 0 Å². The molecule has 6 heteroatoms. The quantitative estimate of drug-likeness (QED) is 0.795. The zero-order valence-corrected chi connectivity index (χ0v) is 11.7. The molecule has 0 unspecified atom stereocenters. The maximum Gasteiger partial charge on any atom is 0.335 e. The summed E-state index contributed by atoms with van der Waals surface area (Å²) in [4.78, 5) is 15.3. The molecule has 1 N–H and O–H groups in total. The molecule has 0 saturated carbocycles. The van der Waals surface area contributed by atoms with E-state index in [0.717, 1.165) is 22.5 Å². The molecule has 0 spiro atoms. The summed E-state index contributed by atoms with van der Waals surface area (Å²) in [6.07, 6.45) is 2.34. The molecule has 0 amide bonds. The lowest BCUT2D eigenvalue weighted by atomic mass is 10.0. The zero-order valence-electron chi connectivity index (χ0n) is 11.7. The van der Waals surface area contributed by atoms with Crippen LogP contribution < -0.4 is 0 Å². The maximum absolute atomic E-state index is 10.9. The van der Waals surface area contributed by atoms with Crippen LogP contribution in [0.4, 0.5) is 0 Å². The Morgan fingerprint density at radius 2 is 1.95 bits per heavy atom. The smallest absolute Gasteiger partial charge is 0.335 e. The van der Waals surface area contributed by atoms with Crippen molar-refractivity contribution < 1.29 is 9.90 Å². The van der Waals surface area contributed by atoms with E-state index in [1.165, 1.54) is 0 Å². The predicted octanol–water partition coefficient (Wildman–Crippen LogP) is 2.03. The SMILES string of the molecule is Cc1nc2nncn2c(C)c1Cc1ccc(C(=O)O)cc1. The largest absolute Gasteiger partial charge is 0.478 e. The van der Waals surface area contributed by atoms with Crippen LogP contribution >= 0.6 is 0 Å². The molecular formula is C15H14N4O2. The zero-order chi connectivity index (χ0) is 15.0. The Morgan fingerprint density at radius 1 is 1.24 bits per heavy atom. The van der Waals surface area contributed by atoms with Gasteiger partial charge in [-0.3, -0.25) is 4.40 Å². The number of aromatic nitrogens is 4. The van der Waals surface area contributed by atoms with Gasteiger partial charge in [-0.15, -0.1) is 10.2 Å². The Bertz CT molecular complexity index is 822. The fraction of sp³-hybridized carbons (Fsp3) is 0.200. The Morgan fingerprint density at radius 3 is 2.62 bits per heavy atom. The lowest BCUT2D eigenvalue weighted by Gasteiger charge is -2.11. The van der Waals surface area contributed by atoms with Crippen LogP contribution in [0.15, 0.2) is 30.6 Å². The summed E-state index contributed by atoms with van der Waals surface area (Å²) in [7, 11) is 0. The first kappa shape index (κ1) is 13.2. The van der Waals surface area contributed by atoms with Crippen LogP contribution in [0.3, 0.4) is 0 Å². The molecule has 0 atom stereocenters. The molecule has 1 aromatic carbocycles. The van der Waals surface area contributed by atoms with Gasteiger partial charge in [-0.2, -0.15) is 0 Å². The third kappa shape index (κ3) is 2.35. The number of aromatic carboxylic acids is 1. The van der Waals surface area contributed by atoms with Crippen molar-refractivity contribution in [3.8, 4) is 0 Å². The van der Waals surface area contributed by atoms with Crippen LogP contribution in [0.5, 0.6) is 0 Å². The molecule has 0 radical (unpaired) electrons. The van der Waals surface area contributed by atoms with E-state index in [-0.39, 0.29) is 0 Å². The van der Waals surface area contributed by atoms with Gasteiger partial charge in [-0.05, 0) is 37.1 Å². The number of carbonyl (C=O) groups is 1. The summed E-state index contributed by atoms with van der Waals surface area (Å²) in [5.41, 5.74) is 4.39. The average molecular weight is 282 g/mol. The minimum Gasteiger partial charge on any atom is -0.478 e. The number of benzene rings is 1. The van der Waals surface area contributed by atoms with Gasteiger partial charge in [0.25, 0.3) is 5.78 Å². The standard InChI is InChI=1S/C15H14N4O2/c1-9-13(10(2)19-8-16-18-15(19)17-9)7-11-3-5-12(6-4-11)14(20)21/h3-6,8H,7H2,1-2H3,(H,20,21). The molecule has 0 aliphatic carbocycles. The van der Waals surface area contributed by atoms with Gasteiger partial charge in [-0.25, -0.2) is 9.78 Å². The molecule has 3 aromatic rings. The van der Waals surface area contributed by atoms with Crippen molar-refractivity contribution in [3.05, 3.63) is 58.7 Å². The Balaban J connectivity index is 1.99. The molecule has 2 aromatic heterocycles. The van der Waals surface area contributed by atoms with Crippen LogP contribution in [0.1, 0.15) is 32.9 Å². The molecule has 0 fully saturated rings. The molecular weight excluding hydrogens is 268 g/mol. The van der Waals surface area contributed by atoms with Gasteiger partial charge < -0.3 is 5.11 Å². The molecule has 0 aliphatic heterocycles. The number of carboxylic acids is 1. The fourth-order valence-corrected chi connectivity index (χ4v) is 2.39. The number of hydrogen-bond donors (Lipinski definition) is 1. The second-order valence-corrected chi connectivity index (χ2v) is 4.94. The molecule has 2 heterocycles. The van der Waals surface area contributed by atoms with Crippen molar-refractivity contribution in [3.63, 3.8) is 0 Å². The first-order chi connectivity index (χ1) is 10.1. The van der Waals surface area contributed by atoms with Crippen LogP contribution in [0, 0.1) is 13.8 Å². The number of fused-ring (bicyclic) bond motifs is 1. The molecule has 6 nitrogen and oxygen atoms in total. The lowest BCUT2D eigenvalue weighted by Crippen LogP contribution is -2.05. The van der Waals surface area contributed by atoms with Crippen molar-refractivity contribution in [1.29, 1.82) is 0 Å². The van der Waals surface area contributed by atoms with Gasteiger partial charge in [0, 0.05) is 17.8 Å². The van der Waals surface area contributed by atoms with Crippen molar-refractivity contribution >= 4 is 11.7 Å². The van der Waals surface area contributed by atoms with Crippen molar-refractivity contribution in [1.82, 2.24) is 19.6 Å². The fourth-order valence-electron chi connectivity index (χ4n) is 2.39. The highest BCUT2D eigenvalue weighted by Crippen LogP contribution is 2.18. The van der Waals surface area contributed by atoms with Crippen molar-refractivity contribution in [2.24, 2.45) is 0 Å². The van der Waals surface area contributed by atoms with Crippen LogP contribution in [0.25, 0.3) is 5.78 Å². The van der Waals surface area contributed by atoms with E-state index in [4.69, 9.17) is 5.11 Å². The summed E-state index contributed by atoms with van der Waals surface area (Å²) < 4.78 is 1.86. The van der Waals surface area contributed by atoms with Crippen LogP contribution in [-0.2, 0) is 6.42 Å². The van der Waals surface area contributed by atoms with E-state index in [0.29, 0.717) is 17.8 Å². The van der Waals surface area contributed by atoms with E-state index in [1.54, 1.807) is 18.5 Å². The third-order valence-corrected chi connectivity index (χ3v) is 3.61. The summed E-state index contributed by atoms with van der Waals surface area (Å²) in [6, 6.07) is 6.90. The van der Waals surface area contributed by atoms with Crippen molar-refractivity contribution in [2.45, 2.75) is 20.3 Å². The number of nitrogens with zero attached hydrogens (tertiary/aromatic N) is 4. The molecule has 106 valence electrons. The van der Waals surface area contributed by atoms with Gasteiger partial charge in [0.1, 0.15) is 6.33 Å². The number of carboxylic acid groups (broad SMARTS) is 1. The number of rotatable bonds is 3. The first-order valence-corrected chi connectivity index (χ1v) is 6.54. The minimum absolute atomic E-state index is 0.291. The van der Waals surface area contributed by atoms with Crippen LogP contribution in [0.2, 0.25) is 0 Å². The van der Waals surface area contributed by atoms with E-state index >= 15 is 0 Å². The minimum atomic E-state index is -0.915. The Kier molecular flexibility index (Phi) is 3.13. The third-order valence-electron chi connectivity index (χ3n) is 3.61. The molecule has 0 aliphatic rings. The van der Waals surface area contributed by atoms with Gasteiger partial charge in [0.05, 0.1) is 5.56 Å². The Hall–Kier alpha value is -2.76. The van der Waals surface area contributed by atoms with Crippen molar-refractivity contribution in [2.75, 3.05) is 0 Å². The number of aryl methyl sites for hydroxylation is 2. The summed E-state index contributed by atoms with van der Waals surface area (Å²) in [5, 5.41) is 16.7. The van der Waals surface area contributed by atoms with Gasteiger partial charge in [-0.1, -0.05) is 12.1 Å². The average Bonchev–Trinajstić information content (AvgIpc) is 2.92. The predicted molar refractivity (Wildman–Crippen MR) is 76.5 cm³/mol. The number of hydrogen-bond acceptors (Lipinski definition) is 4. The normalized spacial score (nSPS) is 11.0. The second kappa shape index (κ2) is 4.97. The molecule has 0 saturated heterocycles. The van der Waals surface area contributed by atoms with E-state index in [1.807, 2.05) is 30.4 Å². The molecule has 3 rings (SSSR count).